The second-order valence-corrected chi connectivity index (χ2v) is 5.26. The van der Waals surface area contributed by atoms with Gasteiger partial charge in [0.15, 0.2) is 0 Å². The minimum absolute atomic E-state index is 0.0244. The Balaban J connectivity index is 2.23. The van der Waals surface area contributed by atoms with Gasteiger partial charge in [-0.15, -0.1) is 0 Å². The molecule has 0 radical (unpaired) electrons. The third-order valence-corrected chi connectivity index (χ3v) is 3.74. The molecule has 1 aromatic heterocycles. The summed E-state index contributed by atoms with van der Waals surface area (Å²) in [5, 5.41) is 4.31. The first-order valence-corrected chi connectivity index (χ1v) is 6.72. The maximum Gasteiger partial charge on any atom is 0.257 e. The molecule has 0 aliphatic carbocycles. The van der Waals surface area contributed by atoms with Crippen LogP contribution in [0, 0.1) is 20.8 Å². The molecule has 2 rings (SSSR count). The first kappa shape index (κ1) is 14.3. The molecule has 1 aromatic carbocycles. The maximum atomic E-state index is 12.6. The van der Waals surface area contributed by atoms with Gasteiger partial charge in [-0.25, -0.2) is 0 Å². The Morgan fingerprint density at radius 1 is 1.25 bits per heavy atom. The molecule has 106 valence electrons. The van der Waals surface area contributed by atoms with Gasteiger partial charge in [0.25, 0.3) is 5.91 Å². The average Bonchev–Trinajstić information content (AvgIpc) is 2.65. The van der Waals surface area contributed by atoms with Crippen LogP contribution in [0.1, 0.15) is 32.9 Å². The lowest BCUT2D eigenvalue weighted by molar-refractivity contribution is 0.0783. The van der Waals surface area contributed by atoms with E-state index in [1.54, 1.807) is 9.58 Å². The van der Waals surface area contributed by atoms with Crippen LogP contribution in [0.2, 0.25) is 0 Å². The molecule has 0 fully saturated rings. The van der Waals surface area contributed by atoms with Crippen molar-refractivity contribution in [2.24, 2.45) is 7.05 Å². The van der Waals surface area contributed by atoms with Crippen LogP contribution in [0.15, 0.2) is 24.3 Å². The fraction of sp³-hybridized carbons (Fsp3) is 0.375. The van der Waals surface area contributed by atoms with Crippen molar-refractivity contribution in [2.45, 2.75) is 27.3 Å². The largest absolute Gasteiger partial charge is 0.337 e. The van der Waals surface area contributed by atoms with Crippen LogP contribution < -0.4 is 0 Å². The van der Waals surface area contributed by atoms with E-state index in [-0.39, 0.29) is 5.91 Å². The van der Waals surface area contributed by atoms with E-state index in [1.807, 2.05) is 40.1 Å². The summed E-state index contributed by atoms with van der Waals surface area (Å²) in [5.74, 6) is 0.0244. The number of aryl methyl sites for hydroxylation is 3. The molecule has 4 nitrogen and oxygen atoms in total. The molecule has 0 spiro atoms. The van der Waals surface area contributed by atoms with Crippen LogP contribution >= 0.6 is 0 Å². The smallest absolute Gasteiger partial charge is 0.257 e. The highest BCUT2D eigenvalue weighted by Gasteiger charge is 2.20. The van der Waals surface area contributed by atoms with Gasteiger partial charge in [0.1, 0.15) is 0 Å². The molecular weight excluding hydrogens is 250 g/mol. The van der Waals surface area contributed by atoms with Crippen molar-refractivity contribution < 1.29 is 4.79 Å². The summed E-state index contributed by atoms with van der Waals surface area (Å²) in [6, 6.07) is 8.13. The second-order valence-electron chi connectivity index (χ2n) is 5.26. The van der Waals surface area contributed by atoms with E-state index in [0.717, 1.165) is 11.4 Å². The molecule has 0 N–H and O–H groups in total. The van der Waals surface area contributed by atoms with Crippen molar-refractivity contribution in [3.05, 3.63) is 52.3 Å². The third-order valence-electron chi connectivity index (χ3n) is 3.74. The highest BCUT2D eigenvalue weighted by atomic mass is 16.2. The predicted octanol–water partition coefficient (Wildman–Crippen LogP) is 2.62. The monoisotopic (exact) mass is 271 g/mol. The molecule has 0 saturated carbocycles. The molecule has 0 atom stereocenters. The summed E-state index contributed by atoms with van der Waals surface area (Å²) in [4.78, 5) is 14.3. The Kier molecular flexibility index (Phi) is 3.93. The number of amides is 1. The molecule has 0 aliphatic heterocycles. The Hall–Kier alpha value is -2.10. The molecule has 2 aromatic rings. The Morgan fingerprint density at radius 3 is 2.45 bits per heavy atom. The van der Waals surface area contributed by atoms with E-state index in [4.69, 9.17) is 0 Å². The first-order valence-electron chi connectivity index (χ1n) is 6.72. The van der Waals surface area contributed by atoms with Crippen molar-refractivity contribution in [3.8, 4) is 0 Å². The van der Waals surface area contributed by atoms with Crippen molar-refractivity contribution in [3.63, 3.8) is 0 Å². The van der Waals surface area contributed by atoms with Crippen LogP contribution in [0.4, 0.5) is 0 Å². The van der Waals surface area contributed by atoms with Gasteiger partial charge < -0.3 is 4.90 Å². The van der Waals surface area contributed by atoms with Gasteiger partial charge in [-0.3, -0.25) is 9.48 Å². The highest BCUT2D eigenvalue weighted by Crippen LogP contribution is 2.16. The number of benzene rings is 1. The van der Waals surface area contributed by atoms with E-state index in [0.29, 0.717) is 12.1 Å². The van der Waals surface area contributed by atoms with Gasteiger partial charge in [-0.2, -0.15) is 5.10 Å². The Labute approximate surface area is 120 Å². The summed E-state index contributed by atoms with van der Waals surface area (Å²) < 4.78 is 1.75. The van der Waals surface area contributed by atoms with Crippen molar-refractivity contribution >= 4 is 5.91 Å². The topological polar surface area (TPSA) is 38.1 Å². The fourth-order valence-electron chi connectivity index (χ4n) is 2.39. The summed E-state index contributed by atoms with van der Waals surface area (Å²) in [7, 11) is 3.70. The number of hydrogen-bond acceptors (Lipinski definition) is 2. The minimum atomic E-state index is 0.0244. The molecule has 4 heteroatoms. The van der Waals surface area contributed by atoms with E-state index >= 15 is 0 Å². The standard InChI is InChI=1S/C16H21N3O/c1-11-8-6-7-9-14(11)10-18(4)16(20)15-12(2)17-19(5)13(15)3/h6-9H,10H2,1-5H3. The summed E-state index contributed by atoms with van der Waals surface area (Å²) in [6.07, 6.45) is 0. The lowest BCUT2D eigenvalue weighted by Crippen LogP contribution is -2.27. The number of carbonyl (C=O) groups excluding carboxylic acids is 1. The van der Waals surface area contributed by atoms with Crippen LogP contribution in [0.25, 0.3) is 0 Å². The number of aromatic nitrogens is 2. The summed E-state index contributed by atoms with van der Waals surface area (Å²) in [6.45, 7) is 6.48. The van der Waals surface area contributed by atoms with E-state index < -0.39 is 0 Å². The van der Waals surface area contributed by atoms with Crippen LogP contribution in [0.5, 0.6) is 0 Å². The van der Waals surface area contributed by atoms with Crippen LogP contribution in [-0.4, -0.2) is 27.6 Å². The Bertz CT molecular complexity index is 643. The van der Waals surface area contributed by atoms with Crippen molar-refractivity contribution in [2.75, 3.05) is 7.05 Å². The van der Waals surface area contributed by atoms with Crippen molar-refractivity contribution in [1.29, 1.82) is 0 Å². The predicted molar refractivity (Wildman–Crippen MR) is 79.7 cm³/mol. The lowest BCUT2D eigenvalue weighted by atomic mass is 10.1. The Morgan fingerprint density at radius 2 is 1.90 bits per heavy atom. The quantitative estimate of drug-likeness (QED) is 0.860. The summed E-state index contributed by atoms with van der Waals surface area (Å²) in [5.41, 5.74) is 4.77. The summed E-state index contributed by atoms with van der Waals surface area (Å²) >= 11 is 0. The lowest BCUT2D eigenvalue weighted by Gasteiger charge is -2.18. The molecular formula is C16H21N3O. The van der Waals surface area contributed by atoms with Gasteiger partial charge in [-0.1, -0.05) is 24.3 Å². The third kappa shape index (κ3) is 2.59. The zero-order valence-corrected chi connectivity index (χ0v) is 12.8. The van der Waals surface area contributed by atoms with Gasteiger partial charge in [0.05, 0.1) is 11.3 Å². The molecule has 1 heterocycles. The van der Waals surface area contributed by atoms with Gasteiger partial charge in [0.2, 0.25) is 0 Å². The minimum Gasteiger partial charge on any atom is -0.337 e. The van der Waals surface area contributed by atoms with E-state index in [1.165, 1.54) is 11.1 Å². The fourth-order valence-corrected chi connectivity index (χ4v) is 2.39. The van der Waals surface area contributed by atoms with Crippen molar-refractivity contribution in [1.82, 2.24) is 14.7 Å². The number of nitrogens with zero attached hydrogens (tertiary/aromatic N) is 3. The SMILES string of the molecule is Cc1ccccc1CN(C)C(=O)c1c(C)nn(C)c1C. The highest BCUT2D eigenvalue weighted by molar-refractivity contribution is 5.96. The molecule has 1 amide bonds. The maximum absolute atomic E-state index is 12.6. The molecule has 0 bridgehead atoms. The van der Waals surface area contributed by atoms with Crippen LogP contribution in [0.3, 0.4) is 0 Å². The van der Waals surface area contributed by atoms with E-state index in [9.17, 15) is 4.79 Å². The number of carbonyl (C=O) groups is 1. The molecule has 0 unspecified atom stereocenters. The van der Waals surface area contributed by atoms with Gasteiger partial charge in [0, 0.05) is 26.3 Å². The molecule has 0 aliphatic rings. The zero-order chi connectivity index (χ0) is 14.9. The van der Waals surface area contributed by atoms with Gasteiger partial charge in [-0.05, 0) is 31.9 Å². The van der Waals surface area contributed by atoms with E-state index in [2.05, 4.69) is 24.2 Å². The molecule has 0 saturated heterocycles. The average molecular weight is 271 g/mol. The van der Waals surface area contributed by atoms with Gasteiger partial charge >= 0.3 is 0 Å². The zero-order valence-electron chi connectivity index (χ0n) is 12.8. The normalized spacial score (nSPS) is 10.7. The molecule has 20 heavy (non-hydrogen) atoms. The first-order chi connectivity index (χ1) is 9.41. The number of hydrogen-bond donors (Lipinski definition) is 0. The number of rotatable bonds is 3. The second kappa shape index (κ2) is 5.49. The van der Waals surface area contributed by atoms with Crippen LogP contribution in [-0.2, 0) is 13.6 Å².